The predicted molar refractivity (Wildman–Crippen MR) is 84.1 cm³/mol. The van der Waals surface area contributed by atoms with E-state index >= 15 is 0 Å². The highest BCUT2D eigenvalue weighted by molar-refractivity contribution is 7.80. The first-order valence-corrected chi connectivity index (χ1v) is 7.77. The fourth-order valence-corrected chi connectivity index (χ4v) is 3.33. The number of rotatable bonds is 5. The van der Waals surface area contributed by atoms with Crippen LogP contribution in [-0.2, 0) is 11.3 Å². The van der Waals surface area contributed by atoms with Crippen LogP contribution in [0.1, 0.15) is 18.4 Å². The molecule has 0 bridgehead atoms. The van der Waals surface area contributed by atoms with Crippen LogP contribution in [-0.4, -0.2) is 37.5 Å². The zero-order chi connectivity index (χ0) is 13.7. The first kappa shape index (κ1) is 15.2. The lowest BCUT2D eigenvalue weighted by molar-refractivity contribution is 0.0106. The number of benzene rings is 1. The van der Waals surface area contributed by atoms with E-state index in [1.54, 1.807) is 0 Å². The summed E-state index contributed by atoms with van der Waals surface area (Å²) in [6.07, 6.45) is 2.20. The highest BCUT2D eigenvalue weighted by Gasteiger charge is 2.32. The first-order valence-electron chi connectivity index (χ1n) is 6.76. The van der Waals surface area contributed by atoms with Gasteiger partial charge in [-0.2, -0.15) is 12.6 Å². The van der Waals surface area contributed by atoms with Gasteiger partial charge in [0, 0.05) is 31.3 Å². The molecule has 2 nitrogen and oxygen atoms in total. The van der Waals surface area contributed by atoms with Gasteiger partial charge in [-0.05, 0) is 42.7 Å². The first-order chi connectivity index (χ1) is 9.15. The lowest BCUT2D eigenvalue weighted by Crippen LogP contribution is -2.41. The summed E-state index contributed by atoms with van der Waals surface area (Å²) in [5.74, 6) is 0.920. The van der Waals surface area contributed by atoms with Crippen molar-refractivity contribution in [3.8, 4) is 0 Å². The van der Waals surface area contributed by atoms with Crippen LogP contribution in [0.25, 0.3) is 0 Å². The van der Waals surface area contributed by atoms with E-state index < -0.39 is 0 Å². The second-order valence-electron chi connectivity index (χ2n) is 5.53. The minimum atomic E-state index is 0.289. The van der Waals surface area contributed by atoms with E-state index in [9.17, 15) is 0 Å². The van der Waals surface area contributed by atoms with Crippen molar-refractivity contribution in [1.29, 1.82) is 0 Å². The predicted octanol–water partition coefficient (Wildman–Crippen LogP) is 3.50. The summed E-state index contributed by atoms with van der Waals surface area (Å²) >= 11 is 10.8. The van der Waals surface area contributed by atoms with E-state index in [2.05, 4.69) is 30.6 Å². The molecule has 1 aliphatic rings. The summed E-state index contributed by atoms with van der Waals surface area (Å²) in [6.45, 7) is 3.65. The van der Waals surface area contributed by atoms with Crippen LogP contribution in [0.5, 0.6) is 0 Å². The molecule has 0 saturated carbocycles. The Labute approximate surface area is 126 Å². The number of halogens is 1. The zero-order valence-electron chi connectivity index (χ0n) is 11.4. The average molecular weight is 300 g/mol. The van der Waals surface area contributed by atoms with Crippen LogP contribution >= 0.6 is 24.2 Å². The molecule has 0 radical (unpaired) electrons. The van der Waals surface area contributed by atoms with E-state index in [0.29, 0.717) is 0 Å². The van der Waals surface area contributed by atoms with Gasteiger partial charge in [-0.25, -0.2) is 0 Å². The third kappa shape index (κ3) is 4.12. The fourth-order valence-electron chi connectivity index (χ4n) is 2.72. The summed E-state index contributed by atoms with van der Waals surface area (Å²) in [5.41, 5.74) is 1.48. The van der Waals surface area contributed by atoms with Crippen LogP contribution in [0.2, 0.25) is 5.02 Å². The van der Waals surface area contributed by atoms with Gasteiger partial charge in [-0.3, -0.25) is 0 Å². The van der Waals surface area contributed by atoms with Gasteiger partial charge in [-0.15, -0.1) is 0 Å². The topological polar surface area (TPSA) is 12.5 Å². The van der Waals surface area contributed by atoms with E-state index in [0.717, 1.165) is 49.9 Å². The normalized spacial score (nSPS) is 18.7. The molecule has 1 aromatic rings. The fraction of sp³-hybridized carbons (Fsp3) is 0.600. The second kappa shape index (κ2) is 6.98. The van der Waals surface area contributed by atoms with Crippen LogP contribution < -0.4 is 0 Å². The van der Waals surface area contributed by atoms with E-state index in [-0.39, 0.29) is 5.41 Å². The van der Waals surface area contributed by atoms with Crippen molar-refractivity contribution in [2.45, 2.75) is 19.4 Å². The summed E-state index contributed by atoms with van der Waals surface area (Å²) in [4.78, 5) is 2.35. The molecule has 106 valence electrons. The molecule has 4 heteroatoms. The smallest absolute Gasteiger partial charge is 0.0472 e. The number of hydrogen-bond acceptors (Lipinski definition) is 3. The highest BCUT2D eigenvalue weighted by Crippen LogP contribution is 2.33. The van der Waals surface area contributed by atoms with Gasteiger partial charge in [-0.1, -0.05) is 29.8 Å². The summed E-state index contributed by atoms with van der Waals surface area (Å²) in [5, 5.41) is 0.848. The van der Waals surface area contributed by atoms with Crippen molar-refractivity contribution in [1.82, 2.24) is 4.90 Å². The Morgan fingerprint density at radius 3 is 2.63 bits per heavy atom. The Morgan fingerprint density at radius 1 is 1.32 bits per heavy atom. The van der Waals surface area contributed by atoms with Gasteiger partial charge in [0.25, 0.3) is 0 Å². The number of nitrogens with zero attached hydrogens (tertiary/aromatic N) is 1. The SMILES string of the molecule is CN(Cc1ccccc1Cl)CC1(CS)CCOCC1. The molecule has 1 aliphatic heterocycles. The summed E-state index contributed by atoms with van der Waals surface area (Å²) in [6, 6.07) is 8.06. The van der Waals surface area contributed by atoms with E-state index in [4.69, 9.17) is 16.3 Å². The van der Waals surface area contributed by atoms with E-state index in [1.165, 1.54) is 5.56 Å². The molecule has 1 saturated heterocycles. The molecule has 1 fully saturated rings. The third-order valence-electron chi connectivity index (χ3n) is 3.89. The second-order valence-corrected chi connectivity index (χ2v) is 6.26. The number of ether oxygens (including phenoxy) is 1. The molecule has 0 N–H and O–H groups in total. The number of hydrogen-bond donors (Lipinski definition) is 1. The van der Waals surface area contributed by atoms with Crippen molar-refractivity contribution in [2.24, 2.45) is 5.41 Å². The van der Waals surface area contributed by atoms with Gasteiger partial charge in [0.1, 0.15) is 0 Å². The Morgan fingerprint density at radius 2 is 2.00 bits per heavy atom. The van der Waals surface area contributed by atoms with Crippen molar-refractivity contribution in [2.75, 3.05) is 32.6 Å². The molecular weight excluding hydrogens is 278 g/mol. The van der Waals surface area contributed by atoms with Crippen LogP contribution in [0, 0.1) is 5.41 Å². The lowest BCUT2D eigenvalue weighted by Gasteiger charge is -2.39. The Balaban J connectivity index is 1.96. The molecule has 0 spiro atoms. The van der Waals surface area contributed by atoms with Gasteiger partial charge in [0.2, 0.25) is 0 Å². The molecule has 0 atom stereocenters. The third-order valence-corrected chi connectivity index (χ3v) is 4.93. The van der Waals surface area contributed by atoms with Crippen LogP contribution in [0.3, 0.4) is 0 Å². The van der Waals surface area contributed by atoms with Gasteiger partial charge in [0.05, 0.1) is 0 Å². The van der Waals surface area contributed by atoms with Gasteiger partial charge in [0.15, 0.2) is 0 Å². The standard InChI is InChI=1S/C15H22ClNOS/c1-17(10-13-4-2-3-5-14(13)16)11-15(12-19)6-8-18-9-7-15/h2-5,19H,6-12H2,1H3. The summed E-state index contributed by atoms with van der Waals surface area (Å²) in [7, 11) is 2.16. The van der Waals surface area contributed by atoms with Crippen molar-refractivity contribution in [3.05, 3.63) is 34.9 Å². The monoisotopic (exact) mass is 299 g/mol. The van der Waals surface area contributed by atoms with Crippen molar-refractivity contribution in [3.63, 3.8) is 0 Å². The Kier molecular flexibility index (Phi) is 5.58. The molecule has 1 heterocycles. The minimum Gasteiger partial charge on any atom is -0.381 e. The zero-order valence-corrected chi connectivity index (χ0v) is 13.1. The Hall–Kier alpha value is -0.220. The molecule has 0 aliphatic carbocycles. The van der Waals surface area contributed by atoms with Crippen LogP contribution in [0.15, 0.2) is 24.3 Å². The molecule has 0 unspecified atom stereocenters. The number of thiol groups is 1. The molecule has 2 rings (SSSR count). The lowest BCUT2D eigenvalue weighted by atomic mass is 9.81. The van der Waals surface area contributed by atoms with Crippen molar-refractivity contribution >= 4 is 24.2 Å². The van der Waals surface area contributed by atoms with Gasteiger partial charge >= 0.3 is 0 Å². The highest BCUT2D eigenvalue weighted by atomic mass is 35.5. The minimum absolute atomic E-state index is 0.289. The molecule has 19 heavy (non-hydrogen) atoms. The molecular formula is C15H22ClNOS. The molecule has 1 aromatic carbocycles. The average Bonchev–Trinajstić information content (AvgIpc) is 2.42. The maximum Gasteiger partial charge on any atom is 0.0472 e. The van der Waals surface area contributed by atoms with Crippen LogP contribution in [0.4, 0.5) is 0 Å². The van der Waals surface area contributed by atoms with Gasteiger partial charge < -0.3 is 9.64 Å². The molecule has 0 amide bonds. The van der Waals surface area contributed by atoms with Crippen molar-refractivity contribution < 1.29 is 4.74 Å². The quantitative estimate of drug-likeness (QED) is 0.836. The summed E-state index contributed by atoms with van der Waals surface area (Å²) < 4.78 is 5.47. The maximum absolute atomic E-state index is 6.22. The molecule has 0 aromatic heterocycles. The Bertz CT molecular complexity index is 407. The largest absolute Gasteiger partial charge is 0.381 e. The van der Waals surface area contributed by atoms with E-state index in [1.807, 2.05) is 18.2 Å². The maximum atomic E-state index is 6.22.